The molecule has 0 aliphatic rings. The number of sulfonamides is 1. The molecule has 4 rings (SSSR count). The lowest BCUT2D eigenvalue weighted by atomic mass is 10.0. The van der Waals surface area contributed by atoms with Gasteiger partial charge in [0.15, 0.2) is 0 Å². The SMILES string of the molecule is CCC(C)NC(=O)C(Cc1ccccc1)N(Cc1ccc(Cl)c(Cl)c1)C(=O)CN(c1cc(Cl)ccc1C)S(=O)(=O)c1ccc(C)cc1. The number of rotatable bonds is 13. The molecule has 2 amide bonds. The number of hydrogen-bond donors (Lipinski definition) is 1. The monoisotopic (exact) mass is 713 g/mol. The third-order valence-corrected chi connectivity index (χ3v) is 10.7. The zero-order chi connectivity index (χ0) is 34.3. The van der Waals surface area contributed by atoms with Gasteiger partial charge in [0.05, 0.1) is 20.6 Å². The van der Waals surface area contributed by atoms with E-state index in [1.54, 1.807) is 49.4 Å². The van der Waals surface area contributed by atoms with Crippen LogP contribution >= 0.6 is 34.8 Å². The zero-order valence-electron chi connectivity index (χ0n) is 26.7. The molecular weight excluding hydrogens is 677 g/mol. The number of carbonyl (C=O) groups excluding carboxylic acids is 2. The van der Waals surface area contributed by atoms with Gasteiger partial charge in [-0.1, -0.05) is 102 Å². The lowest BCUT2D eigenvalue weighted by Gasteiger charge is -2.34. The molecule has 0 aliphatic heterocycles. The van der Waals surface area contributed by atoms with E-state index in [-0.39, 0.29) is 35.5 Å². The summed E-state index contributed by atoms with van der Waals surface area (Å²) in [5, 5.41) is 3.97. The van der Waals surface area contributed by atoms with Crippen molar-refractivity contribution in [3.63, 3.8) is 0 Å². The first-order valence-electron chi connectivity index (χ1n) is 15.2. The number of benzene rings is 4. The number of halogens is 3. The number of nitrogens with one attached hydrogen (secondary N) is 1. The van der Waals surface area contributed by atoms with Gasteiger partial charge in [-0.25, -0.2) is 8.42 Å². The van der Waals surface area contributed by atoms with Crippen molar-refractivity contribution in [2.45, 2.75) is 64.1 Å². The van der Waals surface area contributed by atoms with Crippen LogP contribution in [0.3, 0.4) is 0 Å². The predicted octanol–water partition coefficient (Wildman–Crippen LogP) is 8.01. The molecule has 0 saturated heterocycles. The second-order valence-electron chi connectivity index (χ2n) is 11.5. The van der Waals surface area contributed by atoms with E-state index in [0.717, 1.165) is 15.4 Å². The number of anilines is 1. The number of nitrogens with zero attached hydrogens (tertiary/aromatic N) is 2. The molecular formula is C36H38Cl3N3O4S. The third kappa shape index (κ3) is 9.29. The Morgan fingerprint density at radius 3 is 2.15 bits per heavy atom. The molecule has 0 saturated carbocycles. The Labute approximate surface area is 292 Å². The van der Waals surface area contributed by atoms with Gasteiger partial charge in [0.25, 0.3) is 10.0 Å². The highest BCUT2D eigenvalue weighted by Crippen LogP contribution is 2.31. The Balaban J connectivity index is 1.85. The Bertz CT molecular complexity index is 1820. The number of carbonyl (C=O) groups is 2. The number of amides is 2. The second-order valence-corrected chi connectivity index (χ2v) is 14.7. The van der Waals surface area contributed by atoms with Crippen molar-refractivity contribution >= 4 is 62.3 Å². The Morgan fingerprint density at radius 2 is 1.51 bits per heavy atom. The summed E-state index contributed by atoms with van der Waals surface area (Å²) in [6.45, 7) is 6.82. The van der Waals surface area contributed by atoms with Crippen LogP contribution in [-0.4, -0.2) is 43.8 Å². The molecule has 248 valence electrons. The highest BCUT2D eigenvalue weighted by Gasteiger charge is 2.35. The Kier molecular flexibility index (Phi) is 12.4. The summed E-state index contributed by atoms with van der Waals surface area (Å²) in [5.74, 6) is -0.949. The average molecular weight is 715 g/mol. The number of hydrogen-bond acceptors (Lipinski definition) is 4. The molecule has 0 aliphatic carbocycles. The van der Waals surface area contributed by atoms with Crippen molar-refractivity contribution in [1.82, 2.24) is 10.2 Å². The van der Waals surface area contributed by atoms with Crippen LogP contribution in [0.25, 0.3) is 0 Å². The minimum absolute atomic E-state index is 0.0154. The Morgan fingerprint density at radius 1 is 0.830 bits per heavy atom. The summed E-state index contributed by atoms with van der Waals surface area (Å²) in [5.41, 5.74) is 3.19. The summed E-state index contributed by atoms with van der Waals surface area (Å²) in [7, 11) is -4.26. The first-order chi connectivity index (χ1) is 22.3. The molecule has 4 aromatic rings. The fourth-order valence-electron chi connectivity index (χ4n) is 5.03. The highest BCUT2D eigenvalue weighted by atomic mass is 35.5. The molecule has 2 unspecified atom stereocenters. The van der Waals surface area contributed by atoms with Crippen molar-refractivity contribution in [3.05, 3.63) is 128 Å². The van der Waals surface area contributed by atoms with Gasteiger partial charge >= 0.3 is 0 Å². The van der Waals surface area contributed by atoms with Crippen LogP contribution in [0.1, 0.15) is 42.5 Å². The topological polar surface area (TPSA) is 86.8 Å². The maximum absolute atomic E-state index is 14.7. The summed E-state index contributed by atoms with van der Waals surface area (Å²) in [6, 6.07) is 24.5. The van der Waals surface area contributed by atoms with E-state index >= 15 is 0 Å². The van der Waals surface area contributed by atoms with Crippen molar-refractivity contribution in [1.29, 1.82) is 0 Å². The summed E-state index contributed by atoms with van der Waals surface area (Å²) in [4.78, 5) is 30.1. The van der Waals surface area contributed by atoms with Crippen LogP contribution in [-0.2, 0) is 32.6 Å². The van der Waals surface area contributed by atoms with Gasteiger partial charge in [0.1, 0.15) is 12.6 Å². The van der Waals surface area contributed by atoms with E-state index in [2.05, 4.69) is 5.32 Å². The molecule has 0 radical (unpaired) electrons. The molecule has 47 heavy (non-hydrogen) atoms. The molecule has 7 nitrogen and oxygen atoms in total. The Hall–Kier alpha value is -3.56. The normalized spacial score (nSPS) is 12.7. The minimum Gasteiger partial charge on any atom is -0.352 e. The molecule has 0 heterocycles. The second kappa shape index (κ2) is 16.0. The predicted molar refractivity (Wildman–Crippen MR) is 191 cm³/mol. The average Bonchev–Trinajstić information content (AvgIpc) is 3.04. The van der Waals surface area contributed by atoms with Gasteiger partial charge in [-0.15, -0.1) is 0 Å². The van der Waals surface area contributed by atoms with E-state index in [4.69, 9.17) is 34.8 Å². The van der Waals surface area contributed by atoms with E-state index in [1.165, 1.54) is 23.1 Å². The first kappa shape index (κ1) is 36.3. The quantitative estimate of drug-likeness (QED) is 0.152. The first-order valence-corrected chi connectivity index (χ1v) is 17.8. The van der Waals surface area contributed by atoms with Crippen LogP contribution in [0, 0.1) is 13.8 Å². The van der Waals surface area contributed by atoms with Crippen LogP contribution in [0.2, 0.25) is 15.1 Å². The molecule has 2 atom stereocenters. The molecule has 11 heteroatoms. The molecule has 0 aromatic heterocycles. The lowest BCUT2D eigenvalue weighted by molar-refractivity contribution is -0.140. The van der Waals surface area contributed by atoms with Gasteiger partial charge in [-0.3, -0.25) is 13.9 Å². The van der Waals surface area contributed by atoms with Gasteiger partial charge in [0.2, 0.25) is 11.8 Å². The molecule has 0 bridgehead atoms. The van der Waals surface area contributed by atoms with Gasteiger partial charge in [-0.05, 0) is 80.3 Å². The molecule has 0 spiro atoms. The van der Waals surface area contributed by atoms with Gasteiger partial charge in [-0.2, -0.15) is 0 Å². The maximum atomic E-state index is 14.7. The fraction of sp³-hybridized carbons (Fsp3) is 0.278. The van der Waals surface area contributed by atoms with Crippen molar-refractivity contribution < 1.29 is 18.0 Å². The summed E-state index contributed by atoms with van der Waals surface area (Å²) < 4.78 is 29.6. The standard InChI is InChI=1S/C36H38Cl3N3O4S/c1-5-26(4)40-36(44)34(20-27-9-7-6-8-10-27)41(22-28-14-18-31(38)32(39)19-28)35(43)23-42(33-21-29(37)15-13-25(33)3)47(45,46)30-16-11-24(2)12-17-30/h6-19,21,26,34H,5,20,22-23H2,1-4H3,(H,40,44). The van der Waals surface area contributed by atoms with Crippen molar-refractivity contribution in [2.24, 2.45) is 0 Å². The largest absolute Gasteiger partial charge is 0.352 e. The maximum Gasteiger partial charge on any atom is 0.264 e. The van der Waals surface area contributed by atoms with Gasteiger partial charge in [0, 0.05) is 24.0 Å². The van der Waals surface area contributed by atoms with Crippen molar-refractivity contribution in [2.75, 3.05) is 10.8 Å². The summed E-state index contributed by atoms with van der Waals surface area (Å²) in [6.07, 6.45) is 0.873. The van der Waals surface area contributed by atoms with E-state index in [1.807, 2.05) is 51.1 Å². The highest BCUT2D eigenvalue weighted by molar-refractivity contribution is 7.92. The molecule has 1 N–H and O–H groups in total. The van der Waals surface area contributed by atoms with Crippen LogP contribution in [0.5, 0.6) is 0 Å². The number of aryl methyl sites for hydroxylation is 2. The van der Waals surface area contributed by atoms with Crippen molar-refractivity contribution in [3.8, 4) is 0 Å². The summed E-state index contributed by atoms with van der Waals surface area (Å²) >= 11 is 18.9. The van der Waals surface area contributed by atoms with E-state index in [0.29, 0.717) is 32.6 Å². The van der Waals surface area contributed by atoms with Gasteiger partial charge < -0.3 is 10.2 Å². The van der Waals surface area contributed by atoms with Crippen LogP contribution in [0.4, 0.5) is 5.69 Å². The minimum atomic E-state index is -4.26. The smallest absolute Gasteiger partial charge is 0.264 e. The molecule has 0 fully saturated rings. The van der Waals surface area contributed by atoms with Crippen LogP contribution < -0.4 is 9.62 Å². The van der Waals surface area contributed by atoms with Crippen LogP contribution in [0.15, 0.2) is 95.9 Å². The third-order valence-electron chi connectivity index (χ3n) is 7.94. The van der Waals surface area contributed by atoms with E-state index < -0.39 is 28.5 Å². The lowest BCUT2D eigenvalue weighted by Crippen LogP contribution is -2.54. The zero-order valence-corrected chi connectivity index (χ0v) is 29.8. The molecule has 4 aromatic carbocycles. The van der Waals surface area contributed by atoms with E-state index in [9.17, 15) is 18.0 Å². The fourth-order valence-corrected chi connectivity index (χ4v) is 6.99.